The van der Waals surface area contributed by atoms with Crippen LogP contribution < -0.4 is 11.1 Å². The molecule has 4 N–H and O–H groups in total. The zero-order chi connectivity index (χ0) is 14.2. The van der Waals surface area contributed by atoms with Crippen molar-refractivity contribution in [2.45, 2.75) is 25.7 Å². The molecular weight excluding hydrogens is 254 g/mol. The van der Waals surface area contributed by atoms with Crippen LogP contribution in [0.15, 0.2) is 30.6 Å². The quantitative estimate of drug-likeness (QED) is 0.519. The number of aromatic amines is 1. The van der Waals surface area contributed by atoms with E-state index in [-0.39, 0.29) is 5.91 Å². The molecule has 20 heavy (non-hydrogen) atoms. The molecule has 0 spiro atoms. The Bertz CT molecular complexity index is 521. The van der Waals surface area contributed by atoms with Gasteiger partial charge >= 0.3 is 0 Å². The molecule has 0 unspecified atom stereocenters. The Hall–Kier alpha value is -2.37. The number of aryl methyl sites for hydroxylation is 2. The van der Waals surface area contributed by atoms with Crippen molar-refractivity contribution in [3.05, 3.63) is 42.0 Å². The van der Waals surface area contributed by atoms with Crippen LogP contribution in [0.2, 0.25) is 0 Å². The van der Waals surface area contributed by atoms with Gasteiger partial charge in [0.1, 0.15) is 12.2 Å². The highest BCUT2D eigenvalue weighted by Crippen LogP contribution is 2.07. The number of nitrogen functional groups attached to an aromatic ring is 1. The lowest BCUT2D eigenvalue weighted by atomic mass is 10.1. The van der Waals surface area contributed by atoms with Crippen molar-refractivity contribution in [1.29, 1.82) is 0 Å². The number of anilines is 1. The Morgan fingerprint density at radius 1 is 1.25 bits per heavy atom. The zero-order valence-corrected chi connectivity index (χ0v) is 11.3. The zero-order valence-electron chi connectivity index (χ0n) is 11.3. The summed E-state index contributed by atoms with van der Waals surface area (Å²) in [5.41, 5.74) is 7.48. The van der Waals surface area contributed by atoms with Gasteiger partial charge in [-0.05, 0) is 30.5 Å². The van der Waals surface area contributed by atoms with E-state index in [0.29, 0.717) is 13.0 Å². The molecule has 0 fully saturated rings. The Labute approximate surface area is 117 Å². The number of nitrogens with zero attached hydrogens (tertiary/aromatic N) is 2. The third kappa shape index (κ3) is 4.72. The maximum absolute atomic E-state index is 11.7. The van der Waals surface area contributed by atoms with Crippen LogP contribution in [0.3, 0.4) is 0 Å². The first-order valence-electron chi connectivity index (χ1n) is 6.69. The average Bonchev–Trinajstić information content (AvgIpc) is 2.96. The summed E-state index contributed by atoms with van der Waals surface area (Å²) in [6.07, 6.45) is 4.35. The second-order valence-corrected chi connectivity index (χ2v) is 4.63. The lowest BCUT2D eigenvalue weighted by Crippen LogP contribution is -2.25. The molecular formula is C14H19N5O. The van der Waals surface area contributed by atoms with Crippen molar-refractivity contribution in [2.24, 2.45) is 0 Å². The fourth-order valence-corrected chi connectivity index (χ4v) is 1.87. The molecule has 1 aromatic heterocycles. The van der Waals surface area contributed by atoms with Crippen molar-refractivity contribution in [1.82, 2.24) is 20.5 Å². The molecule has 0 aliphatic rings. The summed E-state index contributed by atoms with van der Waals surface area (Å²) in [7, 11) is 0. The summed E-state index contributed by atoms with van der Waals surface area (Å²) in [5, 5.41) is 9.47. The minimum atomic E-state index is 0.0689. The third-order valence-electron chi connectivity index (χ3n) is 3.00. The second-order valence-electron chi connectivity index (χ2n) is 4.63. The highest BCUT2D eigenvalue weighted by Gasteiger charge is 2.02. The summed E-state index contributed by atoms with van der Waals surface area (Å²) in [4.78, 5) is 15.7. The molecule has 6 heteroatoms. The predicted octanol–water partition coefficient (Wildman–Crippen LogP) is 1.07. The number of nitrogens with one attached hydrogen (secondary N) is 2. The molecule has 1 heterocycles. The number of aromatic nitrogens is 3. The predicted molar refractivity (Wildman–Crippen MR) is 76.9 cm³/mol. The van der Waals surface area contributed by atoms with Crippen LogP contribution in [0.1, 0.15) is 24.2 Å². The number of benzene rings is 1. The fourth-order valence-electron chi connectivity index (χ4n) is 1.87. The van der Waals surface area contributed by atoms with Gasteiger partial charge in [-0.25, -0.2) is 4.98 Å². The number of hydrogen-bond donors (Lipinski definition) is 3. The number of nitrogens with two attached hydrogens (primary N) is 1. The van der Waals surface area contributed by atoms with Gasteiger partial charge in [0.2, 0.25) is 5.91 Å². The normalized spacial score (nSPS) is 10.4. The maximum atomic E-state index is 11.7. The van der Waals surface area contributed by atoms with Gasteiger partial charge in [-0.3, -0.25) is 9.89 Å². The van der Waals surface area contributed by atoms with Crippen LogP contribution in [-0.4, -0.2) is 27.6 Å². The number of rotatable bonds is 7. The van der Waals surface area contributed by atoms with Crippen LogP contribution >= 0.6 is 0 Å². The lowest BCUT2D eigenvalue weighted by Gasteiger charge is -2.05. The van der Waals surface area contributed by atoms with E-state index in [1.54, 1.807) is 0 Å². The van der Waals surface area contributed by atoms with E-state index in [4.69, 9.17) is 5.73 Å². The Morgan fingerprint density at radius 2 is 2.05 bits per heavy atom. The van der Waals surface area contributed by atoms with Crippen molar-refractivity contribution >= 4 is 11.6 Å². The standard InChI is InChI=1S/C14H19N5O/c15-12-6-3-11(4-7-12)5-8-14(20)16-9-1-2-13-17-10-18-19-13/h3-4,6-7,10H,1-2,5,8-9,15H2,(H,16,20)(H,17,18,19). The molecule has 2 rings (SSSR count). The molecule has 0 saturated carbocycles. The molecule has 1 aromatic carbocycles. The Morgan fingerprint density at radius 3 is 2.75 bits per heavy atom. The summed E-state index contributed by atoms with van der Waals surface area (Å²) in [6, 6.07) is 7.61. The van der Waals surface area contributed by atoms with E-state index in [2.05, 4.69) is 20.5 Å². The molecule has 0 radical (unpaired) electrons. The molecule has 1 amide bonds. The molecule has 106 valence electrons. The van der Waals surface area contributed by atoms with Gasteiger partial charge in [0.15, 0.2) is 0 Å². The van der Waals surface area contributed by atoms with E-state index in [1.807, 2.05) is 24.3 Å². The smallest absolute Gasteiger partial charge is 0.220 e. The minimum absolute atomic E-state index is 0.0689. The largest absolute Gasteiger partial charge is 0.399 e. The van der Waals surface area contributed by atoms with Crippen LogP contribution in [0, 0.1) is 0 Å². The van der Waals surface area contributed by atoms with E-state index in [9.17, 15) is 4.79 Å². The van der Waals surface area contributed by atoms with Crippen LogP contribution in [-0.2, 0) is 17.6 Å². The summed E-state index contributed by atoms with van der Waals surface area (Å²) in [6.45, 7) is 0.654. The first-order valence-corrected chi connectivity index (χ1v) is 6.69. The number of H-pyrrole nitrogens is 1. The van der Waals surface area contributed by atoms with Crippen molar-refractivity contribution in [3.8, 4) is 0 Å². The first kappa shape index (κ1) is 14.0. The lowest BCUT2D eigenvalue weighted by molar-refractivity contribution is -0.121. The molecule has 0 aliphatic carbocycles. The van der Waals surface area contributed by atoms with E-state index >= 15 is 0 Å². The Balaban J connectivity index is 1.59. The van der Waals surface area contributed by atoms with Gasteiger partial charge in [0.25, 0.3) is 0 Å². The SMILES string of the molecule is Nc1ccc(CCC(=O)NCCCc2ncn[nH]2)cc1. The van der Waals surface area contributed by atoms with Gasteiger partial charge in [-0.2, -0.15) is 5.10 Å². The second kappa shape index (κ2) is 7.28. The fraction of sp³-hybridized carbons (Fsp3) is 0.357. The van der Waals surface area contributed by atoms with Gasteiger partial charge in [0, 0.05) is 25.1 Å². The third-order valence-corrected chi connectivity index (χ3v) is 3.00. The van der Waals surface area contributed by atoms with Crippen LogP contribution in [0.5, 0.6) is 0 Å². The summed E-state index contributed by atoms with van der Waals surface area (Å²) < 4.78 is 0. The van der Waals surface area contributed by atoms with E-state index in [1.165, 1.54) is 6.33 Å². The monoisotopic (exact) mass is 273 g/mol. The average molecular weight is 273 g/mol. The molecule has 0 atom stereocenters. The van der Waals surface area contributed by atoms with Crippen LogP contribution in [0.4, 0.5) is 5.69 Å². The first-order chi connectivity index (χ1) is 9.74. The number of amides is 1. The van der Waals surface area contributed by atoms with Crippen molar-refractivity contribution in [2.75, 3.05) is 12.3 Å². The number of carbonyl (C=O) groups excluding carboxylic acids is 1. The van der Waals surface area contributed by atoms with Gasteiger partial charge in [0.05, 0.1) is 0 Å². The summed E-state index contributed by atoms with van der Waals surface area (Å²) in [5.74, 6) is 0.917. The van der Waals surface area contributed by atoms with E-state index in [0.717, 1.165) is 36.3 Å². The molecule has 6 nitrogen and oxygen atoms in total. The van der Waals surface area contributed by atoms with E-state index < -0.39 is 0 Å². The Kier molecular flexibility index (Phi) is 5.11. The minimum Gasteiger partial charge on any atom is -0.399 e. The molecule has 0 bridgehead atoms. The van der Waals surface area contributed by atoms with Crippen molar-refractivity contribution in [3.63, 3.8) is 0 Å². The van der Waals surface area contributed by atoms with Gasteiger partial charge in [-0.1, -0.05) is 12.1 Å². The number of hydrogen-bond acceptors (Lipinski definition) is 4. The topological polar surface area (TPSA) is 96.7 Å². The highest BCUT2D eigenvalue weighted by atomic mass is 16.1. The van der Waals surface area contributed by atoms with Crippen LogP contribution in [0.25, 0.3) is 0 Å². The summed E-state index contributed by atoms with van der Waals surface area (Å²) >= 11 is 0. The number of carbonyl (C=O) groups is 1. The van der Waals surface area contributed by atoms with Gasteiger partial charge in [-0.15, -0.1) is 0 Å². The molecule has 2 aromatic rings. The van der Waals surface area contributed by atoms with Gasteiger partial charge < -0.3 is 11.1 Å². The molecule has 0 saturated heterocycles. The van der Waals surface area contributed by atoms with Crippen molar-refractivity contribution < 1.29 is 4.79 Å². The highest BCUT2D eigenvalue weighted by molar-refractivity contribution is 5.76. The maximum Gasteiger partial charge on any atom is 0.220 e. The molecule has 0 aliphatic heterocycles.